The predicted molar refractivity (Wildman–Crippen MR) is 86.3 cm³/mol. The number of nitrogens with one attached hydrogen (secondary N) is 2. The number of carboxylic acids is 1. The van der Waals surface area contributed by atoms with Gasteiger partial charge in [-0.1, -0.05) is 15.9 Å². The molecule has 0 spiro atoms. The Bertz CT molecular complexity index is 565. The van der Waals surface area contributed by atoms with Crippen molar-refractivity contribution >= 4 is 44.4 Å². The van der Waals surface area contributed by atoms with Gasteiger partial charge in [0.25, 0.3) is 0 Å². The molecule has 8 heteroatoms. The molecule has 0 aromatic heterocycles. The van der Waals surface area contributed by atoms with Gasteiger partial charge in [-0.15, -0.1) is 0 Å². The second-order valence-corrected chi connectivity index (χ2v) is 7.07. The number of carboxylic acid groups (broad SMARTS) is 1. The van der Waals surface area contributed by atoms with Crippen molar-refractivity contribution in [1.82, 2.24) is 5.32 Å². The van der Waals surface area contributed by atoms with Crippen molar-refractivity contribution in [2.75, 3.05) is 17.3 Å². The summed E-state index contributed by atoms with van der Waals surface area (Å²) in [5.41, 5.74) is 0.458. The minimum absolute atomic E-state index is 0.0779. The summed E-state index contributed by atoms with van der Waals surface area (Å²) in [6, 6.07) is 3.87. The van der Waals surface area contributed by atoms with Gasteiger partial charge in [-0.3, -0.25) is 4.21 Å². The van der Waals surface area contributed by atoms with Gasteiger partial charge in [0, 0.05) is 39.0 Å². The molecule has 0 aliphatic rings. The van der Waals surface area contributed by atoms with Gasteiger partial charge in [-0.05, 0) is 31.5 Å². The van der Waals surface area contributed by atoms with E-state index in [9.17, 15) is 13.8 Å². The Labute approximate surface area is 133 Å². The lowest BCUT2D eigenvalue weighted by atomic mass is 10.2. The van der Waals surface area contributed by atoms with E-state index in [2.05, 4.69) is 26.6 Å². The Morgan fingerprint density at radius 1 is 1.38 bits per heavy atom. The van der Waals surface area contributed by atoms with Crippen molar-refractivity contribution in [1.29, 1.82) is 0 Å². The average molecular weight is 377 g/mol. The zero-order valence-electron chi connectivity index (χ0n) is 11.7. The van der Waals surface area contributed by atoms with Crippen molar-refractivity contribution in [3.63, 3.8) is 0 Å². The van der Waals surface area contributed by atoms with E-state index in [1.807, 2.05) is 6.92 Å². The number of rotatable bonds is 6. The van der Waals surface area contributed by atoms with Crippen molar-refractivity contribution in [3.05, 3.63) is 28.2 Å². The van der Waals surface area contributed by atoms with Crippen LogP contribution in [0.1, 0.15) is 23.7 Å². The molecule has 0 aliphatic heterocycles. The van der Waals surface area contributed by atoms with Crippen LogP contribution in [0.2, 0.25) is 0 Å². The Morgan fingerprint density at radius 3 is 2.62 bits per heavy atom. The monoisotopic (exact) mass is 376 g/mol. The maximum absolute atomic E-state index is 11.8. The number of amides is 2. The van der Waals surface area contributed by atoms with Crippen LogP contribution in [0.15, 0.2) is 22.7 Å². The summed E-state index contributed by atoms with van der Waals surface area (Å²) < 4.78 is 11.5. The molecule has 1 rings (SSSR count). The molecule has 3 N–H and O–H groups in total. The van der Waals surface area contributed by atoms with Crippen molar-refractivity contribution in [2.45, 2.75) is 19.4 Å². The SMILES string of the molecule is CC(CCS(C)=O)NC(=O)Nc1cc(Br)cc(C(=O)O)c1. The number of aromatic carboxylic acids is 1. The number of hydrogen-bond acceptors (Lipinski definition) is 3. The summed E-state index contributed by atoms with van der Waals surface area (Å²) in [6.07, 6.45) is 2.22. The predicted octanol–water partition coefficient (Wildman–Crippen LogP) is 2.43. The molecule has 2 unspecified atom stereocenters. The molecule has 21 heavy (non-hydrogen) atoms. The van der Waals surface area contributed by atoms with Gasteiger partial charge in [0.2, 0.25) is 0 Å². The number of benzene rings is 1. The Morgan fingerprint density at radius 2 is 2.05 bits per heavy atom. The first-order chi connectivity index (χ1) is 9.77. The van der Waals surface area contributed by atoms with Crippen molar-refractivity contribution < 1.29 is 18.9 Å². The second kappa shape index (κ2) is 8.14. The van der Waals surface area contributed by atoms with E-state index in [0.717, 1.165) is 0 Å². The Kier molecular flexibility index (Phi) is 6.83. The van der Waals surface area contributed by atoms with Gasteiger partial charge < -0.3 is 15.7 Å². The molecular weight excluding hydrogens is 360 g/mol. The molecular formula is C13H17BrN2O4S. The smallest absolute Gasteiger partial charge is 0.335 e. The summed E-state index contributed by atoms with van der Waals surface area (Å²) in [6.45, 7) is 1.82. The number of carbonyl (C=O) groups excluding carboxylic acids is 1. The molecule has 1 aromatic rings. The lowest BCUT2D eigenvalue weighted by Crippen LogP contribution is -2.36. The maximum atomic E-state index is 11.8. The highest BCUT2D eigenvalue weighted by Gasteiger charge is 2.10. The van der Waals surface area contributed by atoms with Crippen LogP contribution in [0.5, 0.6) is 0 Å². The summed E-state index contributed by atoms with van der Waals surface area (Å²) >= 11 is 3.19. The summed E-state index contributed by atoms with van der Waals surface area (Å²) in [7, 11) is -0.894. The Hall–Kier alpha value is -1.41. The van der Waals surface area contributed by atoms with Crippen LogP contribution >= 0.6 is 15.9 Å². The minimum atomic E-state index is -1.07. The van der Waals surface area contributed by atoms with E-state index in [-0.39, 0.29) is 11.6 Å². The quantitative estimate of drug-likeness (QED) is 0.710. The van der Waals surface area contributed by atoms with Gasteiger partial charge in [-0.2, -0.15) is 0 Å². The van der Waals surface area contributed by atoms with Crippen LogP contribution in [0.4, 0.5) is 10.5 Å². The molecule has 0 bridgehead atoms. The van der Waals surface area contributed by atoms with Gasteiger partial charge >= 0.3 is 12.0 Å². The van der Waals surface area contributed by atoms with Crippen LogP contribution in [0.25, 0.3) is 0 Å². The lowest BCUT2D eigenvalue weighted by molar-refractivity contribution is 0.0696. The largest absolute Gasteiger partial charge is 0.478 e. The molecule has 2 amide bonds. The first kappa shape index (κ1) is 17.6. The molecule has 0 heterocycles. The second-order valence-electron chi connectivity index (χ2n) is 4.60. The van der Waals surface area contributed by atoms with Crippen LogP contribution in [-0.4, -0.2) is 39.4 Å². The highest BCUT2D eigenvalue weighted by molar-refractivity contribution is 9.10. The van der Waals surface area contributed by atoms with E-state index >= 15 is 0 Å². The molecule has 0 saturated heterocycles. The summed E-state index contributed by atoms with van der Waals surface area (Å²) in [5, 5.41) is 14.2. The highest BCUT2D eigenvalue weighted by Crippen LogP contribution is 2.19. The normalized spacial score (nSPS) is 13.3. The van der Waals surface area contributed by atoms with Crippen LogP contribution in [0.3, 0.4) is 0 Å². The number of hydrogen-bond donors (Lipinski definition) is 3. The fourth-order valence-electron chi connectivity index (χ4n) is 1.59. The molecule has 0 radical (unpaired) electrons. The lowest BCUT2D eigenvalue weighted by Gasteiger charge is -2.14. The standard InChI is InChI=1S/C13H17BrN2O4S/c1-8(3-4-21(2)20)15-13(19)16-11-6-9(12(17)18)5-10(14)7-11/h5-8H,3-4H2,1-2H3,(H,17,18)(H2,15,16,19). The number of anilines is 1. The molecule has 2 atom stereocenters. The molecule has 1 aromatic carbocycles. The van der Waals surface area contributed by atoms with Crippen LogP contribution in [0, 0.1) is 0 Å². The number of urea groups is 1. The molecule has 0 saturated carbocycles. The number of carbonyl (C=O) groups is 2. The van der Waals surface area contributed by atoms with Crippen LogP contribution in [-0.2, 0) is 10.8 Å². The van der Waals surface area contributed by atoms with E-state index in [1.54, 1.807) is 12.3 Å². The molecule has 0 fully saturated rings. The topological polar surface area (TPSA) is 95.5 Å². The fraction of sp³-hybridized carbons (Fsp3) is 0.385. The third-order valence-corrected chi connectivity index (χ3v) is 3.89. The van der Waals surface area contributed by atoms with Gasteiger partial charge in [0.15, 0.2) is 0 Å². The molecule has 6 nitrogen and oxygen atoms in total. The zero-order chi connectivity index (χ0) is 16.0. The summed E-state index contributed by atoms with van der Waals surface area (Å²) in [4.78, 5) is 22.7. The number of halogens is 1. The highest BCUT2D eigenvalue weighted by atomic mass is 79.9. The first-order valence-electron chi connectivity index (χ1n) is 6.19. The first-order valence-corrected chi connectivity index (χ1v) is 8.71. The fourth-order valence-corrected chi connectivity index (χ4v) is 2.77. The van der Waals surface area contributed by atoms with Crippen molar-refractivity contribution in [2.24, 2.45) is 0 Å². The average Bonchev–Trinajstić information content (AvgIpc) is 2.35. The molecule has 116 valence electrons. The van der Waals surface area contributed by atoms with Crippen molar-refractivity contribution in [3.8, 4) is 0 Å². The molecule has 0 aliphatic carbocycles. The van der Waals surface area contributed by atoms with Gasteiger partial charge in [0.05, 0.1) is 5.56 Å². The van der Waals surface area contributed by atoms with E-state index in [0.29, 0.717) is 22.3 Å². The van der Waals surface area contributed by atoms with E-state index in [4.69, 9.17) is 5.11 Å². The van der Waals surface area contributed by atoms with Crippen LogP contribution < -0.4 is 10.6 Å². The minimum Gasteiger partial charge on any atom is -0.478 e. The third kappa shape index (κ3) is 6.72. The van der Waals surface area contributed by atoms with Gasteiger partial charge in [0.1, 0.15) is 0 Å². The van der Waals surface area contributed by atoms with E-state index in [1.165, 1.54) is 12.1 Å². The zero-order valence-corrected chi connectivity index (χ0v) is 14.1. The maximum Gasteiger partial charge on any atom is 0.335 e. The van der Waals surface area contributed by atoms with Gasteiger partial charge in [-0.25, -0.2) is 9.59 Å². The Balaban J connectivity index is 2.62. The third-order valence-electron chi connectivity index (χ3n) is 2.62. The van der Waals surface area contributed by atoms with E-state index < -0.39 is 22.8 Å². The summed E-state index contributed by atoms with van der Waals surface area (Å²) in [5.74, 6) is -0.555.